The number of halogens is 3. The summed E-state index contributed by atoms with van der Waals surface area (Å²) in [6, 6.07) is 8.28. The van der Waals surface area contributed by atoms with E-state index in [4.69, 9.17) is 26.1 Å². The zero-order valence-corrected chi connectivity index (χ0v) is 29.5. The lowest BCUT2D eigenvalue weighted by atomic mass is 9.95. The first-order chi connectivity index (χ1) is 24.8. The Kier molecular flexibility index (Phi) is 9.51. The van der Waals surface area contributed by atoms with E-state index in [1.54, 1.807) is 36.5 Å². The van der Waals surface area contributed by atoms with E-state index in [1.165, 1.54) is 6.07 Å². The molecule has 4 aliphatic heterocycles. The molecule has 51 heavy (non-hydrogen) atoms. The summed E-state index contributed by atoms with van der Waals surface area (Å²) < 4.78 is 43.1. The first kappa shape index (κ1) is 34.1. The van der Waals surface area contributed by atoms with Gasteiger partial charge in [0.2, 0.25) is 5.91 Å². The van der Waals surface area contributed by atoms with Gasteiger partial charge in [-0.05, 0) is 50.2 Å². The molecule has 2 aromatic heterocycles. The van der Waals surface area contributed by atoms with Crippen LogP contribution in [-0.2, 0) is 9.53 Å². The van der Waals surface area contributed by atoms with Gasteiger partial charge in [0.15, 0.2) is 5.82 Å². The summed E-state index contributed by atoms with van der Waals surface area (Å²) in [5.41, 5.74) is 0.413. The zero-order chi connectivity index (χ0) is 35.1. The van der Waals surface area contributed by atoms with Gasteiger partial charge in [-0.3, -0.25) is 19.6 Å². The summed E-state index contributed by atoms with van der Waals surface area (Å²) in [6.07, 6.45) is 9.50. The molecule has 2 aromatic carbocycles. The number of anilines is 1. The van der Waals surface area contributed by atoms with E-state index < -0.39 is 11.6 Å². The van der Waals surface area contributed by atoms with Crippen molar-refractivity contribution >= 4 is 45.0 Å². The molecule has 4 fully saturated rings. The van der Waals surface area contributed by atoms with Crippen molar-refractivity contribution in [2.24, 2.45) is 5.92 Å². The van der Waals surface area contributed by atoms with Crippen molar-refractivity contribution in [3.63, 3.8) is 0 Å². The second kappa shape index (κ2) is 14.2. The normalized spacial score (nSPS) is 19.6. The van der Waals surface area contributed by atoms with Crippen LogP contribution in [0, 0.1) is 17.6 Å². The number of carbonyl (C=O) groups excluding carboxylic acids is 1. The predicted octanol–water partition coefficient (Wildman–Crippen LogP) is 5.57. The number of ether oxygens (including phenoxy) is 2. The number of morpholine rings is 1. The number of carbonyl (C=O) groups is 1. The van der Waals surface area contributed by atoms with Gasteiger partial charge in [0.25, 0.3) is 0 Å². The molecular weight excluding hydrogens is 676 g/mol. The Balaban J connectivity index is 1.06. The number of fused-ring (bicyclic) bond motifs is 3. The Morgan fingerprint density at radius 1 is 1.10 bits per heavy atom. The molecule has 0 saturated carbocycles. The average Bonchev–Trinajstić information content (AvgIpc) is 3.71. The predicted molar refractivity (Wildman–Crippen MR) is 193 cm³/mol. The molecule has 1 amide bonds. The molecule has 6 heterocycles. The molecule has 8 rings (SSSR count). The molecule has 268 valence electrons. The minimum Gasteiger partial charge on any atom is -0.461 e. The third-order valence-corrected chi connectivity index (χ3v) is 11.4. The maximum atomic E-state index is 16.8. The lowest BCUT2D eigenvalue weighted by Crippen LogP contribution is -2.53. The maximum Gasteiger partial charge on any atom is 0.319 e. The van der Waals surface area contributed by atoms with E-state index in [0.717, 1.165) is 71.6 Å². The lowest BCUT2D eigenvalue weighted by molar-refractivity contribution is -0.131. The third kappa shape index (κ3) is 6.63. The van der Waals surface area contributed by atoms with E-state index >= 15 is 4.39 Å². The second-order valence-electron chi connectivity index (χ2n) is 14.3. The highest BCUT2D eigenvalue weighted by Crippen LogP contribution is 2.41. The minimum atomic E-state index is -0.659. The number of likely N-dealkylation sites (tertiary alicyclic amines) is 1. The number of pyridine rings is 1. The summed E-state index contributed by atoms with van der Waals surface area (Å²) in [7, 11) is 1.91. The second-order valence-corrected chi connectivity index (χ2v) is 14.7. The van der Waals surface area contributed by atoms with Crippen LogP contribution in [0.1, 0.15) is 25.7 Å². The molecule has 0 atom stereocenters. The van der Waals surface area contributed by atoms with Crippen LogP contribution in [0.25, 0.3) is 32.9 Å². The zero-order valence-electron chi connectivity index (χ0n) is 28.8. The number of benzene rings is 2. The van der Waals surface area contributed by atoms with Gasteiger partial charge in [0.1, 0.15) is 29.5 Å². The Bertz CT molecular complexity index is 1970. The summed E-state index contributed by atoms with van der Waals surface area (Å²) in [5.74, 6) is -0.544. The number of aromatic nitrogens is 3. The van der Waals surface area contributed by atoms with Crippen LogP contribution in [0.15, 0.2) is 48.7 Å². The van der Waals surface area contributed by atoms with Crippen molar-refractivity contribution in [3.8, 4) is 17.3 Å². The third-order valence-electron chi connectivity index (χ3n) is 11.0. The number of hydrogen-bond acceptors (Lipinski definition) is 9. The molecule has 0 N–H and O–H groups in total. The van der Waals surface area contributed by atoms with E-state index in [-0.39, 0.29) is 39.6 Å². The van der Waals surface area contributed by atoms with Gasteiger partial charge < -0.3 is 19.3 Å². The van der Waals surface area contributed by atoms with E-state index in [9.17, 15) is 9.18 Å². The number of amides is 1. The van der Waals surface area contributed by atoms with Crippen molar-refractivity contribution in [1.82, 2.24) is 29.7 Å². The van der Waals surface area contributed by atoms with Gasteiger partial charge in [0.05, 0.1) is 29.2 Å². The summed E-state index contributed by atoms with van der Waals surface area (Å²) >= 11 is 6.43. The Morgan fingerprint density at radius 3 is 2.67 bits per heavy atom. The highest BCUT2D eigenvalue weighted by Gasteiger charge is 2.45. The van der Waals surface area contributed by atoms with Crippen LogP contribution >= 0.6 is 11.6 Å². The van der Waals surface area contributed by atoms with Gasteiger partial charge in [0, 0.05) is 75.5 Å². The highest BCUT2D eigenvalue weighted by atomic mass is 35.5. The summed E-state index contributed by atoms with van der Waals surface area (Å²) in [6.45, 7) is 8.29. The molecule has 0 spiro atoms. The van der Waals surface area contributed by atoms with Crippen molar-refractivity contribution < 1.29 is 23.0 Å². The fourth-order valence-electron chi connectivity index (χ4n) is 8.26. The van der Waals surface area contributed by atoms with Crippen LogP contribution in [-0.4, -0.2) is 120 Å². The number of rotatable bonds is 10. The topological polar surface area (TPSA) is 87.2 Å². The van der Waals surface area contributed by atoms with Crippen molar-refractivity contribution in [2.75, 3.05) is 84.1 Å². The van der Waals surface area contributed by atoms with Gasteiger partial charge in [-0.15, -0.1) is 0 Å². The standard InChI is InChI=1S/C38H42ClF2N7O3/c1-45(21-25-22-47(23-25)30(49)8-3-13-46-16-18-50-19-17-46)36-28-20-42-34(27-7-2-6-26-9-10-29(40)32(39)31(26)27)33(41)35(28)43-37(44-36)51-24-38-11-4-14-48(38)15-5-12-38/h2-3,6-10,20,25H,4-5,11-19,21-24H2,1H3/b8-3+. The summed E-state index contributed by atoms with van der Waals surface area (Å²) in [4.78, 5) is 35.4. The van der Waals surface area contributed by atoms with E-state index in [0.29, 0.717) is 53.8 Å². The molecule has 0 bridgehead atoms. The first-order valence-corrected chi connectivity index (χ1v) is 18.3. The first-order valence-electron chi connectivity index (χ1n) is 17.9. The Morgan fingerprint density at radius 2 is 1.88 bits per heavy atom. The fraction of sp³-hybridized carbons (Fsp3) is 0.474. The van der Waals surface area contributed by atoms with Crippen molar-refractivity contribution in [3.05, 3.63) is 65.3 Å². The molecule has 10 nitrogen and oxygen atoms in total. The van der Waals surface area contributed by atoms with Crippen molar-refractivity contribution in [1.29, 1.82) is 0 Å². The summed E-state index contributed by atoms with van der Waals surface area (Å²) in [5, 5.41) is 1.40. The molecule has 0 unspecified atom stereocenters. The van der Waals surface area contributed by atoms with Crippen LogP contribution in [0.4, 0.5) is 14.6 Å². The lowest BCUT2D eigenvalue weighted by Gasteiger charge is -2.40. The Hall–Kier alpha value is -3.97. The number of hydrogen-bond donors (Lipinski definition) is 0. The fourth-order valence-corrected chi connectivity index (χ4v) is 8.54. The van der Waals surface area contributed by atoms with Crippen LogP contribution in [0.3, 0.4) is 0 Å². The van der Waals surface area contributed by atoms with E-state index in [2.05, 4.69) is 19.8 Å². The van der Waals surface area contributed by atoms with Crippen LogP contribution in [0.5, 0.6) is 6.01 Å². The molecule has 4 aliphatic rings. The number of nitrogens with zero attached hydrogens (tertiary/aromatic N) is 7. The Labute approximate surface area is 301 Å². The van der Waals surface area contributed by atoms with Crippen LogP contribution < -0.4 is 9.64 Å². The molecule has 4 aromatic rings. The molecular formula is C38H42ClF2N7O3. The molecule has 0 radical (unpaired) electrons. The minimum absolute atomic E-state index is 0.00444. The van der Waals surface area contributed by atoms with Gasteiger partial charge in [-0.25, -0.2) is 8.78 Å². The largest absolute Gasteiger partial charge is 0.461 e. The molecule has 4 saturated heterocycles. The van der Waals surface area contributed by atoms with Gasteiger partial charge >= 0.3 is 6.01 Å². The average molecular weight is 718 g/mol. The van der Waals surface area contributed by atoms with Crippen molar-refractivity contribution in [2.45, 2.75) is 31.2 Å². The molecule has 0 aliphatic carbocycles. The SMILES string of the molecule is CN(CC1CN(C(=O)/C=C/CN2CCOCC2)C1)c1nc(OCC23CCCN2CCC3)nc2c(F)c(-c3cccc4ccc(F)c(Cl)c34)ncc12. The monoisotopic (exact) mass is 717 g/mol. The quantitative estimate of drug-likeness (QED) is 0.196. The van der Waals surface area contributed by atoms with E-state index in [1.807, 2.05) is 22.9 Å². The molecule has 13 heteroatoms. The van der Waals surface area contributed by atoms with Crippen LogP contribution in [0.2, 0.25) is 5.02 Å². The maximum absolute atomic E-state index is 16.8. The van der Waals surface area contributed by atoms with Gasteiger partial charge in [-0.1, -0.05) is 41.9 Å². The highest BCUT2D eigenvalue weighted by molar-refractivity contribution is 6.36. The smallest absolute Gasteiger partial charge is 0.319 e. The van der Waals surface area contributed by atoms with Gasteiger partial charge in [-0.2, -0.15) is 9.97 Å².